The molecule has 0 amide bonds. The first-order chi connectivity index (χ1) is 9.25. The molecule has 0 saturated heterocycles. The Kier molecular flexibility index (Phi) is 2.76. The van der Waals surface area contributed by atoms with E-state index in [0.717, 1.165) is 16.8 Å². The first-order valence-electron chi connectivity index (χ1n) is 5.99. The number of carbonyl (C=O) groups is 1. The van der Waals surface area contributed by atoms with Gasteiger partial charge in [0, 0.05) is 12.6 Å². The fourth-order valence-corrected chi connectivity index (χ4v) is 2.17. The number of pyridine rings is 1. The minimum absolute atomic E-state index is 0.0570. The molecular weight excluding hydrogens is 240 g/mol. The number of imidazole rings is 1. The number of hydrogen-bond acceptors (Lipinski definition) is 2. The van der Waals surface area contributed by atoms with Gasteiger partial charge < -0.3 is 5.11 Å². The van der Waals surface area contributed by atoms with Crippen LogP contribution in [0.2, 0.25) is 0 Å². The molecule has 1 aromatic carbocycles. The fraction of sp³-hybridized carbons (Fsp3) is 0.0667. The molecule has 0 aliphatic carbocycles. The summed E-state index contributed by atoms with van der Waals surface area (Å²) in [6.07, 6.45) is 2.35. The third kappa shape index (κ3) is 2.08. The Balaban J connectivity index is 2.11. The van der Waals surface area contributed by atoms with Gasteiger partial charge >= 0.3 is 5.97 Å². The van der Waals surface area contributed by atoms with Crippen molar-refractivity contribution in [3.8, 4) is 0 Å². The van der Waals surface area contributed by atoms with Gasteiger partial charge in [-0.25, -0.2) is 9.78 Å². The number of carboxylic acids is 1. The number of aromatic nitrogens is 2. The van der Waals surface area contributed by atoms with Crippen LogP contribution in [0.3, 0.4) is 0 Å². The molecule has 0 aliphatic heterocycles. The van der Waals surface area contributed by atoms with Crippen molar-refractivity contribution < 1.29 is 9.90 Å². The summed E-state index contributed by atoms with van der Waals surface area (Å²) in [6.45, 7) is 0. The number of fused-ring (bicyclic) bond motifs is 1. The van der Waals surface area contributed by atoms with Crippen molar-refractivity contribution in [2.75, 3.05) is 0 Å². The molecule has 3 aromatic rings. The maximum Gasteiger partial charge on any atom is 0.372 e. The van der Waals surface area contributed by atoms with Crippen LogP contribution in [-0.4, -0.2) is 20.5 Å². The van der Waals surface area contributed by atoms with Gasteiger partial charge in [-0.2, -0.15) is 0 Å². The van der Waals surface area contributed by atoms with Crippen LogP contribution in [0, 0.1) is 0 Å². The fourth-order valence-electron chi connectivity index (χ4n) is 2.17. The zero-order chi connectivity index (χ0) is 13.2. The van der Waals surface area contributed by atoms with Gasteiger partial charge in [0.05, 0.1) is 11.2 Å². The van der Waals surface area contributed by atoms with E-state index in [0.29, 0.717) is 6.42 Å². The van der Waals surface area contributed by atoms with Gasteiger partial charge in [0.2, 0.25) is 5.82 Å². The maximum atomic E-state index is 11.2. The van der Waals surface area contributed by atoms with Gasteiger partial charge in [-0.3, -0.25) is 4.40 Å². The highest BCUT2D eigenvalue weighted by atomic mass is 16.4. The number of benzene rings is 1. The van der Waals surface area contributed by atoms with Crippen LogP contribution >= 0.6 is 0 Å². The predicted molar refractivity (Wildman–Crippen MR) is 71.4 cm³/mol. The molecule has 4 nitrogen and oxygen atoms in total. The molecular formula is C15H12N2O2. The predicted octanol–water partition coefficient (Wildman–Crippen LogP) is 2.62. The Bertz CT molecular complexity index is 732. The monoisotopic (exact) mass is 252 g/mol. The first kappa shape index (κ1) is 11.5. The van der Waals surface area contributed by atoms with Gasteiger partial charge in [-0.15, -0.1) is 0 Å². The van der Waals surface area contributed by atoms with E-state index in [1.807, 2.05) is 42.5 Å². The molecule has 2 heterocycles. The SMILES string of the molecule is O=C(O)c1nc(Cc2ccccc2)c2ccccn12. The van der Waals surface area contributed by atoms with E-state index in [2.05, 4.69) is 4.98 Å². The first-order valence-corrected chi connectivity index (χ1v) is 5.99. The zero-order valence-electron chi connectivity index (χ0n) is 10.2. The average Bonchev–Trinajstić information content (AvgIpc) is 2.79. The highest BCUT2D eigenvalue weighted by molar-refractivity contribution is 5.85. The molecule has 0 saturated carbocycles. The minimum atomic E-state index is -1.01. The third-order valence-corrected chi connectivity index (χ3v) is 3.03. The van der Waals surface area contributed by atoms with Crippen molar-refractivity contribution in [3.05, 3.63) is 71.8 Å². The molecule has 3 rings (SSSR count). The molecule has 0 radical (unpaired) electrons. The summed E-state index contributed by atoms with van der Waals surface area (Å²) >= 11 is 0. The Hall–Kier alpha value is -2.62. The molecule has 2 aromatic heterocycles. The van der Waals surface area contributed by atoms with Crippen molar-refractivity contribution >= 4 is 11.5 Å². The third-order valence-electron chi connectivity index (χ3n) is 3.03. The molecule has 0 aliphatic rings. The van der Waals surface area contributed by atoms with Crippen molar-refractivity contribution in [2.24, 2.45) is 0 Å². The number of rotatable bonds is 3. The average molecular weight is 252 g/mol. The summed E-state index contributed by atoms with van der Waals surface area (Å²) in [5, 5.41) is 9.18. The molecule has 94 valence electrons. The molecule has 1 N–H and O–H groups in total. The van der Waals surface area contributed by atoms with Crippen LogP contribution in [0.15, 0.2) is 54.7 Å². The smallest absolute Gasteiger partial charge is 0.372 e. The Morgan fingerprint density at radius 3 is 2.58 bits per heavy atom. The molecule has 0 fully saturated rings. The van der Waals surface area contributed by atoms with Crippen LogP contribution < -0.4 is 0 Å². The minimum Gasteiger partial charge on any atom is -0.475 e. The molecule has 0 unspecified atom stereocenters. The lowest BCUT2D eigenvalue weighted by molar-refractivity contribution is 0.0682. The summed E-state index contributed by atoms with van der Waals surface area (Å²) in [5.74, 6) is -0.956. The summed E-state index contributed by atoms with van der Waals surface area (Å²) in [6, 6.07) is 15.5. The number of aromatic carboxylic acids is 1. The summed E-state index contributed by atoms with van der Waals surface area (Å²) in [7, 11) is 0. The van der Waals surface area contributed by atoms with E-state index in [-0.39, 0.29) is 5.82 Å². The molecule has 0 bridgehead atoms. The summed E-state index contributed by atoms with van der Waals surface area (Å²) in [5.41, 5.74) is 2.73. The standard InChI is InChI=1S/C15H12N2O2/c18-15(19)14-16-12(10-11-6-2-1-3-7-11)13-8-4-5-9-17(13)14/h1-9H,10H2,(H,18,19). The van der Waals surface area contributed by atoms with E-state index in [1.54, 1.807) is 16.7 Å². The van der Waals surface area contributed by atoms with Crippen LogP contribution in [0.5, 0.6) is 0 Å². The van der Waals surface area contributed by atoms with Gasteiger partial charge in [0.1, 0.15) is 0 Å². The second-order valence-electron chi connectivity index (χ2n) is 4.31. The lowest BCUT2D eigenvalue weighted by Crippen LogP contribution is -2.02. The quantitative estimate of drug-likeness (QED) is 0.779. The van der Waals surface area contributed by atoms with E-state index in [1.165, 1.54) is 0 Å². The molecule has 0 spiro atoms. The lowest BCUT2D eigenvalue weighted by atomic mass is 10.1. The Labute approximate surface area is 110 Å². The van der Waals surface area contributed by atoms with Crippen molar-refractivity contribution in [1.29, 1.82) is 0 Å². The molecule has 4 heteroatoms. The van der Waals surface area contributed by atoms with Crippen LogP contribution in [0.25, 0.3) is 5.52 Å². The lowest BCUT2D eigenvalue weighted by Gasteiger charge is -1.99. The van der Waals surface area contributed by atoms with E-state index in [9.17, 15) is 9.90 Å². The highest BCUT2D eigenvalue weighted by Crippen LogP contribution is 2.17. The highest BCUT2D eigenvalue weighted by Gasteiger charge is 2.15. The van der Waals surface area contributed by atoms with Gasteiger partial charge in [-0.1, -0.05) is 36.4 Å². The number of carboxylic acid groups (broad SMARTS) is 1. The number of nitrogens with zero attached hydrogens (tertiary/aromatic N) is 2. The van der Waals surface area contributed by atoms with Crippen molar-refractivity contribution in [2.45, 2.75) is 6.42 Å². The van der Waals surface area contributed by atoms with Crippen LogP contribution in [-0.2, 0) is 6.42 Å². The maximum absolute atomic E-state index is 11.2. The van der Waals surface area contributed by atoms with E-state index in [4.69, 9.17) is 0 Å². The topological polar surface area (TPSA) is 54.6 Å². The zero-order valence-corrected chi connectivity index (χ0v) is 10.2. The van der Waals surface area contributed by atoms with Crippen molar-refractivity contribution in [3.63, 3.8) is 0 Å². The summed E-state index contributed by atoms with van der Waals surface area (Å²) < 4.78 is 1.61. The second kappa shape index (κ2) is 4.57. The van der Waals surface area contributed by atoms with E-state index < -0.39 is 5.97 Å². The number of hydrogen-bond donors (Lipinski definition) is 1. The van der Waals surface area contributed by atoms with Crippen LogP contribution in [0.4, 0.5) is 0 Å². The van der Waals surface area contributed by atoms with E-state index >= 15 is 0 Å². The second-order valence-corrected chi connectivity index (χ2v) is 4.31. The Morgan fingerprint density at radius 1 is 1.11 bits per heavy atom. The largest absolute Gasteiger partial charge is 0.475 e. The van der Waals surface area contributed by atoms with Crippen molar-refractivity contribution in [1.82, 2.24) is 9.38 Å². The molecule has 19 heavy (non-hydrogen) atoms. The Morgan fingerprint density at radius 2 is 1.84 bits per heavy atom. The van der Waals surface area contributed by atoms with Gasteiger partial charge in [0.25, 0.3) is 0 Å². The van der Waals surface area contributed by atoms with Gasteiger partial charge in [0.15, 0.2) is 0 Å². The normalized spacial score (nSPS) is 10.7. The summed E-state index contributed by atoms with van der Waals surface area (Å²) in [4.78, 5) is 15.4. The van der Waals surface area contributed by atoms with Crippen LogP contribution in [0.1, 0.15) is 21.9 Å². The molecule has 0 atom stereocenters. The van der Waals surface area contributed by atoms with Gasteiger partial charge in [-0.05, 0) is 17.7 Å².